The molecular weight excluding hydrogens is 352 g/mol. The third kappa shape index (κ3) is 2.84. The first-order valence-corrected chi connectivity index (χ1v) is 10.7. The van der Waals surface area contributed by atoms with Gasteiger partial charge in [-0.05, 0) is 39.3 Å². The normalized spacial score (nSPS) is 19.8. The standard InChI is InChI=1S/C27H31N2/c1-7-28-22-16-11-9-14-20(22)26(3,4)24(28)18-13-19-25-27(5,6)21-15-10-12-17-23(21)29(25)8-2/h9-12,14-18H,7-8H2,1-6H3/q+1. The van der Waals surface area contributed by atoms with Gasteiger partial charge < -0.3 is 4.90 Å². The van der Waals surface area contributed by atoms with Gasteiger partial charge in [0.25, 0.3) is 0 Å². The minimum Gasteiger partial charge on any atom is -0.344 e. The van der Waals surface area contributed by atoms with Crippen LogP contribution in [0.4, 0.5) is 11.4 Å². The summed E-state index contributed by atoms with van der Waals surface area (Å²) in [7, 11) is 0. The predicted molar refractivity (Wildman–Crippen MR) is 123 cm³/mol. The van der Waals surface area contributed by atoms with Crippen molar-refractivity contribution in [3.05, 3.63) is 71.4 Å². The van der Waals surface area contributed by atoms with Crippen LogP contribution in [0.1, 0.15) is 52.7 Å². The Morgan fingerprint density at radius 2 is 1.55 bits per heavy atom. The van der Waals surface area contributed by atoms with Gasteiger partial charge >= 0.3 is 0 Å². The van der Waals surface area contributed by atoms with E-state index in [0.29, 0.717) is 0 Å². The Labute approximate surface area is 175 Å². The maximum absolute atomic E-state index is 3.55. The minimum atomic E-state index is -0.0727. The molecule has 29 heavy (non-hydrogen) atoms. The summed E-state index contributed by atoms with van der Waals surface area (Å²) < 4.78 is 2.37. The molecule has 2 heterocycles. The number of benzene rings is 2. The van der Waals surface area contributed by atoms with Crippen LogP contribution in [0, 0.1) is 11.8 Å². The van der Waals surface area contributed by atoms with Gasteiger partial charge in [0.05, 0.1) is 5.41 Å². The molecule has 2 nitrogen and oxygen atoms in total. The molecule has 148 valence electrons. The maximum Gasteiger partial charge on any atom is 0.243 e. The lowest BCUT2D eigenvalue weighted by Crippen LogP contribution is -2.28. The van der Waals surface area contributed by atoms with Gasteiger partial charge in [0, 0.05) is 47.0 Å². The van der Waals surface area contributed by atoms with Crippen LogP contribution in [-0.4, -0.2) is 23.4 Å². The van der Waals surface area contributed by atoms with Crippen LogP contribution in [0.15, 0.2) is 60.3 Å². The minimum absolute atomic E-state index is 0.0372. The lowest BCUT2D eigenvalue weighted by molar-refractivity contribution is -0.432. The van der Waals surface area contributed by atoms with E-state index in [0.717, 1.165) is 13.1 Å². The molecule has 0 radical (unpaired) electrons. The van der Waals surface area contributed by atoms with Gasteiger partial charge in [0.1, 0.15) is 6.54 Å². The van der Waals surface area contributed by atoms with Gasteiger partial charge in [-0.15, -0.1) is 0 Å². The highest BCUT2D eigenvalue weighted by Crippen LogP contribution is 2.47. The molecule has 2 aromatic carbocycles. The summed E-state index contributed by atoms with van der Waals surface area (Å²) >= 11 is 0. The summed E-state index contributed by atoms with van der Waals surface area (Å²) in [5.74, 6) is 6.99. The molecule has 0 aliphatic carbocycles. The van der Waals surface area contributed by atoms with Crippen LogP contribution in [0.5, 0.6) is 0 Å². The van der Waals surface area contributed by atoms with Crippen molar-refractivity contribution in [2.45, 2.75) is 52.4 Å². The highest BCUT2D eigenvalue weighted by atomic mass is 15.2. The monoisotopic (exact) mass is 383 g/mol. The Morgan fingerprint density at radius 3 is 2.24 bits per heavy atom. The largest absolute Gasteiger partial charge is 0.344 e. The number of rotatable bonds is 2. The quantitative estimate of drug-likeness (QED) is 0.470. The predicted octanol–water partition coefficient (Wildman–Crippen LogP) is 5.79. The van der Waals surface area contributed by atoms with Gasteiger partial charge in [-0.25, -0.2) is 0 Å². The van der Waals surface area contributed by atoms with E-state index in [1.54, 1.807) is 0 Å². The molecule has 0 amide bonds. The van der Waals surface area contributed by atoms with Gasteiger partial charge in [-0.2, -0.15) is 4.58 Å². The zero-order valence-electron chi connectivity index (χ0n) is 18.5. The van der Waals surface area contributed by atoms with Crippen molar-refractivity contribution in [3.63, 3.8) is 0 Å². The van der Waals surface area contributed by atoms with Crippen LogP contribution < -0.4 is 4.90 Å². The van der Waals surface area contributed by atoms with Crippen molar-refractivity contribution >= 4 is 17.1 Å². The molecule has 0 spiro atoms. The van der Waals surface area contributed by atoms with Crippen molar-refractivity contribution in [1.29, 1.82) is 0 Å². The smallest absolute Gasteiger partial charge is 0.243 e. The van der Waals surface area contributed by atoms with E-state index in [9.17, 15) is 0 Å². The van der Waals surface area contributed by atoms with E-state index in [1.807, 2.05) is 0 Å². The molecule has 0 N–H and O–H groups in total. The number of allylic oxidation sites excluding steroid dienone is 2. The molecular formula is C27H31N2+. The van der Waals surface area contributed by atoms with Crippen molar-refractivity contribution in [2.24, 2.45) is 0 Å². The SMILES string of the molecule is CCN1/C(=C/C#CC2=[N+](CC)c3ccccc3C2(C)C)C(C)(C)c2ccccc21. The maximum atomic E-state index is 3.55. The fraction of sp³-hybridized carbons (Fsp3) is 0.370. The number of likely N-dealkylation sites (N-methyl/N-ethyl adjacent to an activating group) is 1. The number of para-hydroxylation sites is 2. The topological polar surface area (TPSA) is 6.25 Å². The van der Waals surface area contributed by atoms with Gasteiger partial charge in [0.15, 0.2) is 0 Å². The van der Waals surface area contributed by atoms with Gasteiger partial charge in [-0.3, -0.25) is 0 Å². The Hall–Kier alpha value is -2.79. The van der Waals surface area contributed by atoms with E-state index < -0.39 is 0 Å². The first-order valence-electron chi connectivity index (χ1n) is 10.7. The second-order valence-electron chi connectivity index (χ2n) is 8.92. The zero-order valence-corrected chi connectivity index (χ0v) is 18.5. The summed E-state index contributed by atoms with van der Waals surface area (Å²) in [6.07, 6.45) is 2.14. The average molecular weight is 384 g/mol. The summed E-state index contributed by atoms with van der Waals surface area (Å²) in [6.45, 7) is 15.5. The summed E-state index contributed by atoms with van der Waals surface area (Å²) in [4.78, 5) is 2.40. The van der Waals surface area contributed by atoms with Crippen LogP contribution in [0.3, 0.4) is 0 Å². The van der Waals surface area contributed by atoms with E-state index in [-0.39, 0.29) is 10.8 Å². The second kappa shape index (κ2) is 6.92. The fourth-order valence-corrected chi connectivity index (χ4v) is 4.99. The van der Waals surface area contributed by atoms with Crippen LogP contribution >= 0.6 is 0 Å². The molecule has 0 saturated heterocycles. The van der Waals surface area contributed by atoms with Crippen molar-refractivity contribution in [3.8, 4) is 11.8 Å². The molecule has 2 aromatic rings. The van der Waals surface area contributed by atoms with Crippen LogP contribution in [0.2, 0.25) is 0 Å². The van der Waals surface area contributed by atoms with E-state index in [4.69, 9.17) is 0 Å². The highest BCUT2D eigenvalue weighted by molar-refractivity contribution is 6.07. The Morgan fingerprint density at radius 1 is 0.897 bits per heavy atom. The first-order chi connectivity index (χ1) is 13.8. The van der Waals surface area contributed by atoms with E-state index in [1.165, 1.54) is 33.9 Å². The summed E-state index contributed by atoms with van der Waals surface area (Å²) in [5, 5.41) is 0. The van der Waals surface area contributed by atoms with Crippen molar-refractivity contribution in [2.75, 3.05) is 18.0 Å². The zero-order chi connectivity index (χ0) is 20.8. The third-order valence-corrected chi connectivity index (χ3v) is 6.56. The fourth-order valence-electron chi connectivity index (χ4n) is 4.99. The van der Waals surface area contributed by atoms with Crippen molar-refractivity contribution in [1.82, 2.24) is 0 Å². The Kier molecular flexibility index (Phi) is 4.66. The van der Waals surface area contributed by atoms with Gasteiger partial charge in [-0.1, -0.05) is 56.2 Å². The Bertz CT molecular complexity index is 1090. The summed E-state index contributed by atoms with van der Waals surface area (Å²) in [6, 6.07) is 17.4. The van der Waals surface area contributed by atoms with Crippen LogP contribution in [-0.2, 0) is 10.8 Å². The van der Waals surface area contributed by atoms with Gasteiger partial charge in [0.2, 0.25) is 11.4 Å². The van der Waals surface area contributed by atoms with Crippen LogP contribution in [0.25, 0.3) is 0 Å². The number of fused-ring (bicyclic) bond motifs is 2. The molecule has 0 saturated carbocycles. The number of hydrogen-bond donors (Lipinski definition) is 0. The lowest BCUT2D eigenvalue weighted by atomic mass is 9.81. The molecule has 2 aliphatic heterocycles. The first kappa shape index (κ1) is 19.5. The molecule has 0 atom stereocenters. The molecule has 2 heteroatoms. The third-order valence-electron chi connectivity index (χ3n) is 6.56. The highest BCUT2D eigenvalue weighted by Gasteiger charge is 2.44. The summed E-state index contributed by atoms with van der Waals surface area (Å²) in [5.41, 5.74) is 7.71. The number of nitrogens with zero attached hydrogens (tertiary/aromatic N) is 2. The molecule has 0 bridgehead atoms. The molecule has 0 fully saturated rings. The number of anilines is 1. The average Bonchev–Trinajstić information content (AvgIpc) is 3.07. The number of hydrogen-bond acceptors (Lipinski definition) is 1. The van der Waals surface area contributed by atoms with E-state index >= 15 is 0 Å². The van der Waals surface area contributed by atoms with Crippen molar-refractivity contribution < 1.29 is 4.58 Å². The molecule has 4 rings (SSSR count). The lowest BCUT2D eigenvalue weighted by Gasteiger charge is -2.25. The van der Waals surface area contributed by atoms with E-state index in [2.05, 4.69) is 117 Å². The molecule has 0 unspecified atom stereocenters. The second-order valence-corrected chi connectivity index (χ2v) is 8.92. The molecule has 0 aromatic heterocycles. The molecule has 2 aliphatic rings. The Balaban J connectivity index is 1.78.